The zero-order valence-corrected chi connectivity index (χ0v) is 13.5. The van der Waals surface area contributed by atoms with Crippen LogP contribution in [0.2, 0.25) is 0 Å². The molecule has 0 amide bonds. The number of ether oxygens (including phenoxy) is 1. The molecule has 0 saturated carbocycles. The number of aryl methyl sites for hydroxylation is 2. The first-order valence-electron chi connectivity index (χ1n) is 7.92. The Labute approximate surface area is 135 Å². The van der Waals surface area contributed by atoms with Gasteiger partial charge < -0.3 is 9.15 Å². The lowest BCUT2D eigenvalue weighted by molar-refractivity contribution is 0.304. The van der Waals surface area contributed by atoms with Gasteiger partial charge in [-0.05, 0) is 36.6 Å². The first-order chi connectivity index (χ1) is 11.2. The Morgan fingerprint density at radius 3 is 2.61 bits per heavy atom. The quantitative estimate of drug-likeness (QED) is 0.645. The van der Waals surface area contributed by atoms with Gasteiger partial charge in [-0.1, -0.05) is 43.7 Å². The largest absolute Gasteiger partial charge is 0.488 e. The summed E-state index contributed by atoms with van der Waals surface area (Å²) in [6.07, 6.45) is 1.86. The van der Waals surface area contributed by atoms with Crippen molar-refractivity contribution in [3.8, 4) is 5.75 Å². The summed E-state index contributed by atoms with van der Waals surface area (Å²) in [6.45, 7) is 4.53. The fourth-order valence-corrected chi connectivity index (χ4v) is 2.78. The summed E-state index contributed by atoms with van der Waals surface area (Å²) in [5.41, 5.74) is 3.34. The van der Waals surface area contributed by atoms with Crippen molar-refractivity contribution in [1.29, 1.82) is 0 Å². The van der Waals surface area contributed by atoms with Crippen LogP contribution < -0.4 is 10.4 Å². The molecule has 3 heteroatoms. The van der Waals surface area contributed by atoms with Gasteiger partial charge >= 0.3 is 5.63 Å². The predicted molar refractivity (Wildman–Crippen MR) is 92.0 cm³/mol. The third kappa shape index (κ3) is 3.29. The average molecular weight is 308 g/mol. The second-order valence-electron chi connectivity index (χ2n) is 5.68. The highest BCUT2D eigenvalue weighted by molar-refractivity contribution is 5.84. The summed E-state index contributed by atoms with van der Waals surface area (Å²) < 4.78 is 11.3. The zero-order chi connectivity index (χ0) is 16.2. The van der Waals surface area contributed by atoms with Gasteiger partial charge in [0.05, 0.1) is 0 Å². The fraction of sp³-hybridized carbons (Fsp3) is 0.250. The average Bonchev–Trinajstić information content (AvgIpc) is 2.56. The second-order valence-corrected chi connectivity index (χ2v) is 5.68. The molecule has 0 aliphatic heterocycles. The van der Waals surface area contributed by atoms with Crippen LogP contribution in [0, 0.1) is 6.92 Å². The fourth-order valence-electron chi connectivity index (χ4n) is 2.78. The highest BCUT2D eigenvalue weighted by atomic mass is 16.5. The molecule has 0 fully saturated rings. The van der Waals surface area contributed by atoms with Gasteiger partial charge in [-0.15, -0.1) is 0 Å². The molecule has 3 rings (SSSR count). The van der Waals surface area contributed by atoms with E-state index in [9.17, 15) is 4.79 Å². The summed E-state index contributed by atoms with van der Waals surface area (Å²) in [6, 6.07) is 15.5. The molecule has 0 radical (unpaired) electrons. The third-order valence-corrected chi connectivity index (χ3v) is 3.95. The van der Waals surface area contributed by atoms with Crippen LogP contribution in [-0.4, -0.2) is 0 Å². The Kier molecular flexibility index (Phi) is 4.47. The molecule has 0 unspecified atom stereocenters. The molecule has 23 heavy (non-hydrogen) atoms. The standard InChI is InChI=1S/C20H20O3/c1-3-7-16-12-19(21)23-20-14(2)18(11-10-17(16)20)22-13-15-8-5-4-6-9-15/h4-6,8-12H,3,7,13H2,1-2H3. The van der Waals surface area contributed by atoms with Crippen LogP contribution in [0.3, 0.4) is 0 Å². The summed E-state index contributed by atoms with van der Waals surface area (Å²) in [5.74, 6) is 0.748. The minimum absolute atomic E-state index is 0.302. The van der Waals surface area contributed by atoms with E-state index in [4.69, 9.17) is 9.15 Å². The van der Waals surface area contributed by atoms with E-state index >= 15 is 0 Å². The van der Waals surface area contributed by atoms with Crippen LogP contribution in [0.5, 0.6) is 5.75 Å². The number of fused-ring (bicyclic) bond motifs is 1. The summed E-state index contributed by atoms with van der Waals surface area (Å²) in [5, 5.41) is 0.996. The van der Waals surface area contributed by atoms with Crippen LogP contribution in [0.4, 0.5) is 0 Å². The Bertz CT molecular complexity index is 863. The highest BCUT2D eigenvalue weighted by Gasteiger charge is 2.11. The minimum Gasteiger partial charge on any atom is -0.488 e. The maximum absolute atomic E-state index is 11.8. The molecule has 1 heterocycles. The minimum atomic E-state index is -0.302. The molecule has 0 N–H and O–H groups in total. The van der Waals surface area contributed by atoms with Gasteiger partial charge in [0, 0.05) is 17.0 Å². The first-order valence-corrected chi connectivity index (χ1v) is 7.92. The van der Waals surface area contributed by atoms with Gasteiger partial charge in [-0.2, -0.15) is 0 Å². The topological polar surface area (TPSA) is 39.4 Å². The van der Waals surface area contributed by atoms with E-state index in [1.54, 1.807) is 6.07 Å². The van der Waals surface area contributed by atoms with Crippen LogP contribution in [0.1, 0.15) is 30.0 Å². The van der Waals surface area contributed by atoms with Gasteiger partial charge in [0.1, 0.15) is 17.9 Å². The lowest BCUT2D eigenvalue weighted by atomic mass is 10.0. The Hall–Kier alpha value is -2.55. The van der Waals surface area contributed by atoms with Crippen LogP contribution in [0.15, 0.2) is 57.7 Å². The molecular formula is C20H20O3. The predicted octanol–water partition coefficient (Wildman–Crippen LogP) is 4.63. The summed E-state index contributed by atoms with van der Waals surface area (Å²) in [4.78, 5) is 11.8. The Morgan fingerprint density at radius 2 is 1.87 bits per heavy atom. The number of benzene rings is 2. The molecule has 0 aliphatic carbocycles. The van der Waals surface area contributed by atoms with Crippen molar-refractivity contribution in [2.45, 2.75) is 33.3 Å². The second kappa shape index (κ2) is 6.69. The molecular weight excluding hydrogens is 288 g/mol. The molecule has 0 saturated heterocycles. The van der Waals surface area contributed by atoms with Crippen LogP contribution in [-0.2, 0) is 13.0 Å². The summed E-state index contributed by atoms with van der Waals surface area (Å²) >= 11 is 0. The molecule has 2 aromatic carbocycles. The van der Waals surface area contributed by atoms with Gasteiger partial charge in [0.25, 0.3) is 0 Å². The molecule has 3 aromatic rings. The van der Waals surface area contributed by atoms with Crippen molar-refractivity contribution < 1.29 is 9.15 Å². The van der Waals surface area contributed by atoms with Crippen molar-refractivity contribution in [2.75, 3.05) is 0 Å². The zero-order valence-electron chi connectivity index (χ0n) is 13.5. The van der Waals surface area contributed by atoms with Gasteiger partial charge in [0.2, 0.25) is 0 Å². The maximum Gasteiger partial charge on any atom is 0.336 e. The maximum atomic E-state index is 11.8. The van der Waals surface area contributed by atoms with E-state index in [1.807, 2.05) is 49.4 Å². The molecule has 0 spiro atoms. The van der Waals surface area contributed by atoms with Crippen molar-refractivity contribution in [3.05, 3.63) is 75.6 Å². The SMILES string of the molecule is CCCc1cc(=O)oc2c(C)c(OCc3ccccc3)ccc12. The number of rotatable bonds is 5. The van der Waals surface area contributed by atoms with E-state index in [0.717, 1.165) is 40.7 Å². The van der Waals surface area contributed by atoms with E-state index in [0.29, 0.717) is 12.2 Å². The third-order valence-electron chi connectivity index (χ3n) is 3.95. The Balaban J connectivity index is 1.97. The van der Waals surface area contributed by atoms with E-state index in [-0.39, 0.29) is 5.63 Å². The monoisotopic (exact) mass is 308 g/mol. The lowest BCUT2D eigenvalue weighted by Crippen LogP contribution is -2.03. The van der Waals surface area contributed by atoms with Crippen molar-refractivity contribution in [2.24, 2.45) is 0 Å². The van der Waals surface area contributed by atoms with E-state index in [2.05, 4.69) is 6.92 Å². The van der Waals surface area contributed by atoms with Crippen LogP contribution in [0.25, 0.3) is 11.0 Å². The number of hydrogen-bond acceptors (Lipinski definition) is 3. The van der Waals surface area contributed by atoms with Gasteiger partial charge in [-0.25, -0.2) is 4.79 Å². The molecule has 3 nitrogen and oxygen atoms in total. The summed E-state index contributed by atoms with van der Waals surface area (Å²) in [7, 11) is 0. The normalized spacial score (nSPS) is 10.9. The molecule has 0 bridgehead atoms. The van der Waals surface area contributed by atoms with Crippen molar-refractivity contribution >= 4 is 11.0 Å². The molecule has 0 atom stereocenters. The van der Waals surface area contributed by atoms with Crippen molar-refractivity contribution in [3.63, 3.8) is 0 Å². The van der Waals surface area contributed by atoms with E-state index < -0.39 is 0 Å². The molecule has 0 aliphatic rings. The Morgan fingerprint density at radius 1 is 1.09 bits per heavy atom. The first kappa shape index (κ1) is 15.3. The van der Waals surface area contributed by atoms with Gasteiger partial charge in [0.15, 0.2) is 0 Å². The van der Waals surface area contributed by atoms with Gasteiger partial charge in [-0.3, -0.25) is 0 Å². The lowest BCUT2D eigenvalue weighted by Gasteiger charge is -2.12. The van der Waals surface area contributed by atoms with E-state index in [1.165, 1.54) is 0 Å². The number of hydrogen-bond donors (Lipinski definition) is 0. The van der Waals surface area contributed by atoms with Crippen LogP contribution >= 0.6 is 0 Å². The van der Waals surface area contributed by atoms with Crippen molar-refractivity contribution in [1.82, 2.24) is 0 Å². The molecule has 1 aromatic heterocycles. The smallest absolute Gasteiger partial charge is 0.336 e. The highest BCUT2D eigenvalue weighted by Crippen LogP contribution is 2.29. The molecule has 118 valence electrons.